The van der Waals surface area contributed by atoms with Crippen molar-refractivity contribution >= 4 is 11.8 Å². The fourth-order valence-corrected chi connectivity index (χ4v) is 4.11. The van der Waals surface area contributed by atoms with Crippen molar-refractivity contribution in [1.29, 1.82) is 0 Å². The quantitative estimate of drug-likeness (QED) is 0.420. The molecule has 3 fully saturated rings. The summed E-state index contributed by atoms with van der Waals surface area (Å²) in [4.78, 5) is 27.3. The average molecular weight is 428 g/mol. The molecule has 31 heavy (non-hydrogen) atoms. The largest absolute Gasteiger partial charge is 0.374 e. The normalized spacial score (nSPS) is 30.0. The van der Waals surface area contributed by atoms with Gasteiger partial charge in [0.15, 0.2) is 0 Å². The standard InChI is InChI=1S/C22H28N4O5/c23-12-17-13-25(10-11-30-17)9-1-2-15-3-5-16(6-4-15)19-14-26(22(29)31-19)18-7-8-20(27)24-21(18)28/h3-6,17-19,22,29H,7-14,23H2,(H,24,27,28)/t17-,18?,19+,22?/m0/s1. The Balaban J connectivity index is 1.32. The zero-order chi connectivity index (χ0) is 21.8. The van der Waals surface area contributed by atoms with Crippen molar-refractivity contribution in [3.8, 4) is 11.8 Å². The monoisotopic (exact) mass is 428 g/mol. The topological polar surface area (TPSA) is 117 Å². The van der Waals surface area contributed by atoms with Crippen LogP contribution in [0.15, 0.2) is 24.3 Å². The van der Waals surface area contributed by atoms with Crippen LogP contribution in [0.3, 0.4) is 0 Å². The van der Waals surface area contributed by atoms with E-state index in [-0.39, 0.29) is 30.4 Å². The van der Waals surface area contributed by atoms with E-state index in [0.29, 0.717) is 32.7 Å². The molecule has 3 saturated heterocycles. The van der Waals surface area contributed by atoms with Crippen LogP contribution in [0.5, 0.6) is 0 Å². The maximum absolute atomic E-state index is 12.1. The van der Waals surface area contributed by atoms with Crippen molar-refractivity contribution in [1.82, 2.24) is 15.1 Å². The lowest BCUT2D eigenvalue weighted by molar-refractivity contribution is -0.170. The Morgan fingerprint density at radius 1 is 1.23 bits per heavy atom. The Labute approximate surface area is 181 Å². The predicted molar refractivity (Wildman–Crippen MR) is 111 cm³/mol. The molecule has 3 aliphatic heterocycles. The number of amides is 2. The Morgan fingerprint density at radius 2 is 2.03 bits per heavy atom. The van der Waals surface area contributed by atoms with Gasteiger partial charge < -0.3 is 20.3 Å². The number of aliphatic hydroxyl groups is 1. The van der Waals surface area contributed by atoms with Gasteiger partial charge in [0.05, 0.1) is 31.4 Å². The Bertz CT molecular complexity index is 865. The van der Waals surface area contributed by atoms with Crippen LogP contribution in [-0.2, 0) is 19.1 Å². The van der Waals surface area contributed by atoms with Crippen molar-refractivity contribution in [2.45, 2.75) is 37.5 Å². The summed E-state index contributed by atoms with van der Waals surface area (Å²) in [5.74, 6) is 5.70. The van der Waals surface area contributed by atoms with Crippen molar-refractivity contribution in [2.75, 3.05) is 39.3 Å². The van der Waals surface area contributed by atoms with Gasteiger partial charge in [0.1, 0.15) is 0 Å². The first-order valence-corrected chi connectivity index (χ1v) is 10.6. The number of imide groups is 1. The average Bonchev–Trinajstić information content (AvgIpc) is 3.16. The molecule has 4 atom stereocenters. The molecule has 0 aromatic heterocycles. The molecule has 0 radical (unpaired) electrons. The van der Waals surface area contributed by atoms with Crippen LogP contribution in [0.25, 0.3) is 0 Å². The fourth-order valence-electron chi connectivity index (χ4n) is 4.11. The predicted octanol–water partition coefficient (Wildman–Crippen LogP) is -0.848. The molecule has 2 unspecified atom stereocenters. The number of carbonyl (C=O) groups is 2. The number of nitrogens with one attached hydrogen (secondary N) is 1. The summed E-state index contributed by atoms with van der Waals surface area (Å²) in [6, 6.07) is 7.13. The Kier molecular flexibility index (Phi) is 6.97. The molecule has 4 N–H and O–H groups in total. The van der Waals surface area contributed by atoms with E-state index in [2.05, 4.69) is 22.1 Å². The number of hydrogen-bond donors (Lipinski definition) is 3. The van der Waals surface area contributed by atoms with Gasteiger partial charge in [0.25, 0.3) is 0 Å². The van der Waals surface area contributed by atoms with Crippen molar-refractivity contribution < 1.29 is 24.2 Å². The highest BCUT2D eigenvalue weighted by Crippen LogP contribution is 2.31. The van der Waals surface area contributed by atoms with Crippen LogP contribution in [0.2, 0.25) is 0 Å². The van der Waals surface area contributed by atoms with Crippen molar-refractivity contribution in [3.05, 3.63) is 35.4 Å². The molecular formula is C22H28N4O5. The number of rotatable bonds is 4. The lowest BCUT2D eigenvalue weighted by atomic mass is 10.0. The van der Waals surface area contributed by atoms with E-state index in [1.54, 1.807) is 4.90 Å². The molecule has 4 rings (SSSR count). The number of hydrogen-bond acceptors (Lipinski definition) is 8. The molecule has 3 aliphatic rings. The van der Waals surface area contributed by atoms with Gasteiger partial charge in [-0.15, -0.1) is 0 Å². The lowest BCUT2D eigenvalue weighted by Gasteiger charge is -2.30. The van der Waals surface area contributed by atoms with Gasteiger partial charge in [0, 0.05) is 38.2 Å². The van der Waals surface area contributed by atoms with Crippen molar-refractivity contribution in [2.24, 2.45) is 5.73 Å². The number of nitrogens with zero attached hydrogens (tertiary/aromatic N) is 2. The first-order chi connectivity index (χ1) is 15.0. The third-order valence-corrected chi connectivity index (χ3v) is 5.86. The highest BCUT2D eigenvalue weighted by atomic mass is 16.6. The molecule has 9 nitrogen and oxygen atoms in total. The number of carbonyl (C=O) groups excluding carboxylic acids is 2. The van der Waals surface area contributed by atoms with Crippen molar-refractivity contribution in [3.63, 3.8) is 0 Å². The van der Waals surface area contributed by atoms with E-state index in [0.717, 1.165) is 24.2 Å². The Hall–Kier alpha value is -2.32. The highest BCUT2D eigenvalue weighted by molar-refractivity contribution is 6.00. The minimum Gasteiger partial charge on any atom is -0.374 e. The SMILES string of the molecule is NC[C@H]1CN(CC#Cc2ccc([C@H]3CN(C4CCC(=O)NC4=O)C(O)O3)cc2)CCO1. The minimum absolute atomic E-state index is 0.0799. The molecule has 166 valence electrons. The van der Waals surface area contributed by atoms with E-state index in [1.165, 1.54) is 0 Å². The molecule has 0 spiro atoms. The maximum Gasteiger partial charge on any atom is 0.244 e. The maximum atomic E-state index is 12.1. The number of piperidine rings is 1. The van der Waals surface area contributed by atoms with Gasteiger partial charge in [-0.2, -0.15) is 0 Å². The first-order valence-electron chi connectivity index (χ1n) is 10.6. The molecule has 9 heteroatoms. The van der Waals surface area contributed by atoms with Gasteiger partial charge in [0.2, 0.25) is 18.2 Å². The van der Waals surface area contributed by atoms with E-state index in [9.17, 15) is 14.7 Å². The molecule has 0 bridgehead atoms. The van der Waals surface area contributed by atoms with Gasteiger partial charge in [-0.3, -0.25) is 19.8 Å². The van der Waals surface area contributed by atoms with Crippen LogP contribution in [0.4, 0.5) is 0 Å². The second-order valence-corrected chi connectivity index (χ2v) is 8.00. The molecular weight excluding hydrogens is 400 g/mol. The fraction of sp³-hybridized carbons (Fsp3) is 0.545. The van der Waals surface area contributed by atoms with Gasteiger partial charge >= 0.3 is 0 Å². The molecule has 2 amide bonds. The number of nitrogens with two attached hydrogens (primary N) is 1. The van der Waals surface area contributed by atoms with Crippen LogP contribution in [0.1, 0.15) is 30.1 Å². The molecule has 1 aromatic carbocycles. The summed E-state index contributed by atoms with van der Waals surface area (Å²) >= 11 is 0. The number of morpholine rings is 1. The van der Waals surface area contributed by atoms with Crippen LogP contribution < -0.4 is 11.1 Å². The second-order valence-electron chi connectivity index (χ2n) is 8.00. The summed E-state index contributed by atoms with van der Waals surface area (Å²) in [5, 5.41) is 12.6. The van der Waals surface area contributed by atoms with E-state index < -0.39 is 12.5 Å². The summed E-state index contributed by atoms with van der Waals surface area (Å²) in [7, 11) is 0. The zero-order valence-electron chi connectivity index (χ0n) is 17.3. The van der Waals surface area contributed by atoms with Gasteiger partial charge in [-0.05, 0) is 24.1 Å². The molecule has 0 aliphatic carbocycles. The van der Waals surface area contributed by atoms with E-state index >= 15 is 0 Å². The molecule has 1 aromatic rings. The highest BCUT2D eigenvalue weighted by Gasteiger charge is 2.41. The van der Waals surface area contributed by atoms with Crippen LogP contribution >= 0.6 is 0 Å². The van der Waals surface area contributed by atoms with Gasteiger partial charge in [-0.25, -0.2) is 4.90 Å². The second kappa shape index (κ2) is 9.87. The third-order valence-electron chi connectivity index (χ3n) is 5.86. The lowest BCUT2D eigenvalue weighted by Crippen LogP contribution is -2.54. The minimum atomic E-state index is -1.18. The third kappa shape index (κ3) is 5.30. The van der Waals surface area contributed by atoms with E-state index in [1.807, 2.05) is 24.3 Å². The smallest absolute Gasteiger partial charge is 0.244 e. The molecule has 3 heterocycles. The first kappa shape index (κ1) is 21.9. The molecule has 0 saturated carbocycles. The summed E-state index contributed by atoms with van der Waals surface area (Å²) in [6.45, 7) is 3.90. The number of aliphatic hydroxyl groups excluding tert-OH is 1. The summed E-state index contributed by atoms with van der Waals surface area (Å²) in [6.07, 6.45) is -0.823. The van der Waals surface area contributed by atoms with Gasteiger partial charge in [-0.1, -0.05) is 24.0 Å². The van der Waals surface area contributed by atoms with Crippen LogP contribution in [-0.4, -0.2) is 84.6 Å². The number of benzene rings is 1. The summed E-state index contributed by atoms with van der Waals surface area (Å²) in [5.41, 5.74) is 7.47. The van der Waals surface area contributed by atoms with Crippen LogP contribution in [0, 0.1) is 11.8 Å². The van der Waals surface area contributed by atoms with E-state index in [4.69, 9.17) is 15.2 Å². The Morgan fingerprint density at radius 3 is 2.77 bits per heavy atom. The zero-order valence-corrected chi connectivity index (χ0v) is 17.3. The summed E-state index contributed by atoms with van der Waals surface area (Å²) < 4.78 is 11.2. The number of ether oxygens (including phenoxy) is 2.